The van der Waals surface area contributed by atoms with E-state index in [-0.39, 0.29) is 11.9 Å². The van der Waals surface area contributed by atoms with Gasteiger partial charge in [-0.15, -0.1) is 0 Å². The first-order valence-electron chi connectivity index (χ1n) is 3.67. The van der Waals surface area contributed by atoms with E-state index in [9.17, 15) is 4.79 Å². The fraction of sp³-hybridized carbons (Fsp3) is 0.857. The Labute approximate surface area is 65.4 Å². The second-order valence-electron chi connectivity index (χ2n) is 2.46. The molecule has 64 valence electrons. The van der Waals surface area contributed by atoms with Crippen molar-refractivity contribution in [3.8, 4) is 0 Å². The van der Waals surface area contributed by atoms with Crippen LogP contribution in [0.5, 0.6) is 0 Å². The first-order chi connectivity index (χ1) is 5.34. The third-order valence-corrected chi connectivity index (χ3v) is 1.72. The molecule has 0 radical (unpaired) electrons. The summed E-state index contributed by atoms with van der Waals surface area (Å²) in [5, 5.41) is 0. The lowest BCUT2D eigenvalue weighted by Crippen LogP contribution is -2.24. The number of ether oxygens (including phenoxy) is 1. The third kappa shape index (κ3) is 2.48. The van der Waals surface area contributed by atoms with Crippen LogP contribution < -0.4 is 0 Å². The van der Waals surface area contributed by atoms with E-state index in [2.05, 4.69) is 9.78 Å². The van der Waals surface area contributed by atoms with E-state index >= 15 is 0 Å². The minimum absolute atomic E-state index is 0.0382. The maximum atomic E-state index is 11.0. The Morgan fingerprint density at radius 1 is 1.45 bits per heavy atom. The van der Waals surface area contributed by atoms with Crippen LogP contribution in [0, 0.1) is 5.92 Å². The van der Waals surface area contributed by atoms with E-state index in [4.69, 9.17) is 4.74 Å². The van der Waals surface area contributed by atoms with Crippen LogP contribution in [-0.4, -0.2) is 26.3 Å². The van der Waals surface area contributed by atoms with Crippen LogP contribution in [0.4, 0.5) is 0 Å². The Kier molecular flexibility index (Phi) is 3.32. The Morgan fingerprint density at radius 3 is 2.64 bits per heavy atom. The first-order valence-corrected chi connectivity index (χ1v) is 3.67. The maximum absolute atomic E-state index is 11.0. The van der Waals surface area contributed by atoms with E-state index in [1.54, 1.807) is 0 Å². The molecule has 0 amide bonds. The van der Waals surface area contributed by atoms with E-state index in [0.717, 1.165) is 12.8 Å². The molecule has 1 saturated heterocycles. The lowest BCUT2D eigenvalue weighted by molar-refractivity contribution is -0.260. The van der Waals surface area contributed by atoms with Crippen molar-refractivity contribution < 1.29 is 19.3 Å². The van der Waals surface area contributed by atoms with Gasteiger partial charge in [0, 0.05) is 13.2 Å². The van der Waals surface area contributed by atoms with E-state index in [0.29, 0.717) is 13.2 Å². The lowest BCUT2D eigenvalue weighted by atomic mass is 10.0. The van der Waals surface area contributed by atoms with Crippen LogP contribution in [-0.2, 0) is 19.3 Å². The summed E-state index contributed by atoms with van der Waals surface area (Å²) < 4.78 is 5.08. The molecular formula is C7H12O4. The van der Waals surface area contributed by atoms with Gasteiger partial charge in [0.2, 0.25) is 0 Å². The summed E-state index contributed by atoms with van der Waals surface area (Å²) in [5.41, 5.74) is 0. The minimum atomic E-state index is -0.282. The number of hydrogen-bond donors (Lipinski definition) is 0. The monoisotopic (exact) mass is 160 g/mol. The normalized spacial score (nSPS) is 19.7. The number of carbonyl (C=O) groups is 1. The average Bonchev–Trinajstić information content (AvgIpc) is 2.07. The zero-order valence-corrected chi connectivity index (χ0v) is 6.54. The van der Waals surface area contributed by atoms with Crippen molar-refractivity contribution in [1.29, 1.82) is 0 Å². The van der Waals surface area contributed by atoms with Gasteiger partial charge >= 0.3 is 5.97 Å². The second kappa shape index (κ2) is 4.31. The van der Waals surface area contributed by atoms with Crippen molar-refractivity contribution in [3.63, 3.8) is 0 Å². The van der Waals surface area contributed by atoms with Crippen molar-refractivity contribution in [1.82, 2.24) is 0 Å². The SMILES string of the molecule is COOC(=O)C1CCOCC1. The Bertz CT molecular complexity index is 128. The molecule has 0 aliphatic carbocycles. The molecule has 1 fully saturated rings. The highest BCUT2D eigenvalue weighted by Gasteiger charge is 2.23. The van der Waals surface area contributed by atoms with E-state index in [1.165, 1.54) is 7.11 Å². The standard InChI is InChI=1S/C7H12O4/c1-9-11-7(8)6-2-4-10-5-3-6/h6H,2-5H2,1H3. The van der Waals surface area contributed by atoms with Crippen LogP contribution in [0.25, 0.3) is 0 Å². The van der Waals surface area contributed by atoms with Crippen LogP contribution in [0.3, 0.4) is 0 Å². The minimum Gasteiger partial charge on any atom is -0.381 e. The predicted molar refractivity (Wildman–Crippen MR) is 36.6 cm³/mol. The molecule has 0 unspecified atom stereocenters. The van der Waals surface area contributed by atoms with Crippen molar-refractivity contribution in [2.75, 3.05) is 20.3 Å². The van der Waals surface area contributed by atoms with Crippen LogP contribution in [0.15, 0.2) is 0 Å². The van der Waals surface area contributed by atoms with E-state index < -0.39 is 0 Å². The Morgan fingerprint density at radius 2 is 2.09 bits per heavy atom. The van der Waals surface area contributed by atoms with Crippen LogP contribution >= 0.6 is 0 Å². The molecule has 0 N–H and O–H groups in total. The molecule has 4 heteroatoms. The van der Waals surface area contributed by atoms with Gasteiger partial charge in [-0.3, -0.25) is 4.89 Å². The molecule has 0 spiro atoms. The second-order valence-corrected chi connectivity index (χ2v) is 2.46. The zero-order valence-electron chi connectivity index (χ0n) is 6.54. The summed E-state index contributed by atoms with van der Waals surface area (Å²) in [6.45, 7) is 1.28. The molecule has 1 heterocycles. The molecule has 1 rings (SSSR count). The zero-order chi connectivity index (χ0) is 8.10. The number of carbonyl (C=O) groups excluding carboxylic acids is 1. The van der Waals surface area contributed by atoms with Gasteiger partial charge in [-0.25, -0.2) is 4.79 Å². The van der Waals surface area contributed by atoms with Crippen molar-refractivity contribution in [3.05, 3.63) is 0 Å². The lowest BCUT2D eigenvalue weighted by Gasteiger charge is -2.18. The van der Waals surface area contributed by atoms with Crippen LogP contribution in [0.2, 0.25) is 0 Å². The molecule has 1 aliphatic rings. The quantitative estimate of drug-likeness (QED) is 0.436. The average molecular weight is 160 g/mol. The molecule has 11 heavy (non-hydrogen) atoms. The molecule has 0 aromatic carbocycles. The summed E-state index contributed by atoms with van der Waals surface area (Å²) in [4.78, 5) is 19.6. The Balaban J connectivity index is 2.27. The number of hydrogen-bond acceptors (Lipinski definition) is 4. The smallest absolute Gasteiger partial charge is 0.345 e. The molecular weight excluding hydrogens is 148 g/mol. The fourth-order valence-electron chi connectivity index (χ4n) is 1.08. The summed E-state index contributed by atoms with van der Waals surface area (Å²) >= 11 is 0. The molecule has 0 aromatic rings. The third-order valence-electron chi connectivity index (χ3n) is 1.72. The highest BCUT2D eigenvalue weighted by molar-refractivity contribution is 5.71. The molecule has 0 bridgehead atoms. The van der Waals surface area contributed by atoms with Crippen molar-refractivity contribution >= 4 is 5.97 Å². The highest BCUT2D eigenvalue weighted by Crippen LogP contribution is 2.15. The van der Waals surface area contributed by atoms with Gasteiger partial charge in [0.15, 0.2) is 0 Å². The molecule has 1 aliphatic heterocycles. The summed E-state index contributed by atoms with van der Waals surface area (Å²) in [6, 6.07) is 0. The predicted octanol–water partition coefficient (Wildman–Crippen LogP) is 0.518. The van der Waals surface area contributed by atoms with Crippen molar-refractivity contribution in [2.24, 2.45) is 5.92 Å². The Hall–Kier alpha value is -0.610. The van der Waals surface area contributed by atoms with Crippen LogP contribution in [0.1, 0.15) is 12.8 Å². The molecule has 4 nitrogen and oxygen atoms in total. The molecule has 0 atom stereocenters. The largest absolute Gasteiger partial charge is 0.381 e. The fourth-order valence-corrected chi connectivity index (χ4v) is 1.08. The topological polar surface area (TPSA) is 44.8 Å². The van der Waals surface area contributed by atoms with E-state index in [1.807, 2.05) is 0 Å². The van der Waals surface area contributed by atoms with Gasteiger partial charge < -0.3 is 4.74 Å². The van der Waals surface area contributed by atoms with Crippen molar-refractivity contribution in [2.45, 2.75) is 12.8 Å². The van der Waals surface area contributed by atoms with Gasteiger partial charge in [-0.2, -0.15) is 4.89 Å². The van der Waals surface area contributed by atoms with Gasteiger partial charge in [0.05, 0.1) is 13.0 Å². The van der Waals surface area contributed by atoms with Gasteiger partial charge in [0.1, 0.15) is 0 Å². The van der Waals surface area contributed by atoms with Gasteiger partial charge in [-0.1, -0.05) is 0 Å². The summed E-state index contributed by atoms with van der Waals surface area (Å²) in [5.74, 6) is -0.320. The summed E-state index contributed by atoms with van der Waals surface area (Å²) in [7, 11) is 1.33. The highest BCUT2D eigenvalue weighted by atomic mass is 17.2. The number of rotatable bonds is 2. The van der Waals surface area contributed by atoms with Gasteiger partial charge in [0.25, 0.3) is 0 Å². The molecule has 0 saturated carbocycles. The van der Waals surface area contributed by atoms with Gasteiger partial charge in [-0.05, 0) is 12.8 Å². The molecule has 0 aromatic heterocycles. The first kappa shape index (κ1) is 8.49. The maximum Gasteiger partial charge on any atom is 0.345 e. The summed E-state index contributed by atoms with van der Waals surface area (Å²) in [6.07, 6.45) is 1.48.